The van der Waals surface area contributed by atoms with Crippen LogP contribution in [-0.4, -0.2) is 42.7 Å². The number of carbonyl (C=O) groups is 1. The largest absolute Gasteiger partial charge is 0.390 e. The summed E-state index contributed by atoms with van der Waals surface area (Å²) in [4.78, 5) is 21.6. The molecule has 0 spiro atoms. The van der Waals surface area contributed by atoms with Gasteiger partial charge in [-0.25, -0.2) is 14.5 Å². The lowest BCUT2D eigenvalue weighted by molar-refractivity contribution is 0.0692. The first-order valence-electron chi connectivity index (χ1n) is 10.7. The number of fused-ring (bicyclic) bond motifs is 1. The summed E-state index contributed by atoms with van der Waals surface area (Å²) in [6.45, 7) is 5.53. The molecule has 0 saturated heterocycles. The Bertz CT molecular complexity index is 1410. The molecule has 1 aromatic carbocycles. The third-order valence-corrected chi connectivity index (χ3v) is 5.41. The fourth-order valence-corrected chi connectivity index (χ4v) is 3.86. The fraction of sp³-hybridized carbons (Fsp3) is 0.240. The second-order valence-corrected chi connectivity index (χ2v) is 9.02. The molecule has 4 aromatic rings. The molecule has 1 amide bonds. The number of carbonyl (C=O) groups excluding carboxylic acids is 1. The molecule has 0 aliphatic heterocycles. The highest BCUT2D eigenvalue weighted by atomic mass is 35.5. The highest BCUT2D eigenvalue weighted by Gasteiger charge is 2.21. The smallest absolute Gasteiger partial charge is 0.270 e. The number of benzene rings is 1. The predicted octanol–water partition coefficient (Wildman–Crippen LogP) is 4.18. The molecule has 3 aromatic heterocycles. The number of aryl methyl sites for hydroxylation is 1. The van der Waals surface area contributed by atoms with Crippen molar-refractivity contribution in [2.75, 3.05) is 6.54 Å². The van der Waals surface area contributed by atoms with Gasteiger partial charge in [0, 0.05) is 24.0 Å². The van der Waals surface area contributed by atoms with Gasteiger partial charge in [0.15, 0.2) is 5.65 Å². The van der Waals surface area contributed by atoms with Crippen molar-refractivity contribution < 1.29 is 9.90 Å². The molecule has 0 fully saturated rings. The lowest BCUT2D eigenvalue weighted by atomic mass is 10.00. The first kappa shape index (κ1) is 23.4. The average Bonchev–Trinajstić information content (AvgIpc) is 3.16. The van der Waals surface area contributed by atoms with Crippen molar-refractivity contribution in [1.29, 1.82) is 5.26 Å². The number of nitrogens with zero attached hydrogens (tertiary/aromatic N) is 5. The molecule has 4 rings (SSSR count). The zero-order valence-electron chi connectivity index (χ0n) is 19.0. The average molecular weight is 475 g/mol. The van der Waals surface area contributed by atoms with Crippen LogP contribution < -0.4 is 5.32 Å². The number of hydrogen-bond acceptors (Lipinski definition) is 6. The molecule has 8 nitrogen and oxygen atoms in total. The summed E-state index contributed by atoms with van der Waals surface area (Å²) in [5, 5.41) is 27.1. The minimum absolute atomic E-state index is 0.221. The van der Waals surface area contributed by atoms with Crippen LogP contribution in [0.1, 0.15) is 42.0 Å². The molecular weight excluding hydrogens is 452 g/mol. The SMILES string of the molecule is Cc1cc(-c2c(-c3cccc(C#N)c3)nn3ccc(C(=O)NCCC(C)(C)O)nc23)cc(Cl)n1. The summed E-state index contributed by atoms with van der Waals surface area (Å²) in [7, 11) is 0. The number of nitriles is 1. The van der Waals surface area contributed by atoms with E-state index in [2.05, 4.69) is 21.4 Å². The van der Waals surface area contributed by atoms with Gasteiger partial charge in [-0.1, -0.05) is 23.7 Å². The van der Waals surface area contributed by atoms with Crippen molar-refractivity contribution in [2.24, 2.45) is 0 Å². The maximum absolute atomic E-state index is 12.7. The van der Waals surface area contributed by atoms with E-state index < -0.39 is 5.60 Å². The van der Waals surface area contributed by atoms with Gasteiger partial charge < -0.3 is 10.4 Å². The molecule has 0 aliphatic rings. The summed E-state index contributed by atoms with van der Waals surface area (Å²) < 4.78 is 1.60. The van der Waals surface area contributed by atoms with E-state index in [1.165, 1.54) is 0 Å². The lowest BCUT2D eigenvalue weighted by Crippen LogP contribution is -2.31. The van der Waals surface area contributed by atoms with Crippen molar-refractivity contribution in [3.05, 3.63) is 70.8 Å². The van der Waals surface area contributed by atoms with Crippen LogP contribution in [0.15, 0.2) is 48.7 Å². The zero-order chi connectivity index (χ0) is 24.5. The van der Waals surface area contributed by atoms with Crippen LogP contribution in [0.2, 0.25) is 5.15 Å². The maximum Gasteiger partial charge on any atom is 0.270 e. The van der Waals surface area contributed by atoms with Gasteiger partial charge in [-0.3, -0.25) is 4.79 Å². The van der Waals surface area contributed by atoms with Crippen molar-refractivity contribution in [3.8, 4) is 28.5 Å². The number of amides is 1. The minimum Gasteiger partial charge on any atom is -0.390 e. The van der Waals surface area contributed by atoms with Crippen molar-refractivity contribution >= 4 is 23.2 Å². The number of hydrogen-bond donors (Lipinski definition) is 2. The number of pyridine rings is 1. The van der Waals surface area contributed by atoms with Crippen molar-refractivity contribution in [1.82, 2.24) is 24.9 Å². The molecule has 0 bridgehead atoms. The Morgan fingerprint density at radius 2 is 2.00 bits per heavy atom. The van der Waals surface area contributed by atoms with Crippen LogP contribution in [0.5, 0.6) is 0 Å². The number of nitrogens with one attached hydrogen (secondary N) is 1. The zero-order valence-corrected chi connectivity index (χ0v) is 19.8. The summed E-state index contributed by atoms with van der Waals surface area (Å²) in [5.41, 5.74) is 3.79. The quantitative estimate of drug-likeness (QED) is 0.405. The number of aromatic nitrogens is 4. The van der Waals surface area contributed by atoms with E-state index in [9.17, 15) is 15.2 Å². The fourth-order valence-electron chi connectivity index (χ4n) is 3.60. The minimum atomic E-state index is -0.880. The van der Waals surface area contributed by atoms with Gasteiger partial charge in [-0.15, -0.1) is 0 Å². The van der Waals surface area contributed by atoms with E-state index in [0.717, 1.165) is 16.8 Å². The third-order valence-electron chi connectivity index (χ3n) is 5.22. The van der Waals surface area contributed by atoms with Gasteiger partial charge in [0.2, 0.25) is 0 Å². The molecule has 0 radical (unpaired) electrons. The molecule has 34 heavy (non-hydrogen) atoms. The normalized spacial score (nSPS) is 11.4. The van der Waals surface area contributed by atoms with E-state index in [1.54, 1.807) is 54.9 Å². The van der Waals surface area contributed by atoms with E-state index in [4.69, 9.17) is 16.7 Å². The van der Waals surface area contributed by atoms with Gasteiger partial charge in [-0.2, -0.15) is 10.4 Å². The lowest BCUT2D eigenvalue weighted by Gasteiger charge is -2.16. The Morgan fingerprint density at radius 3 is 2.71 bits per heavy atom. The van der Waals surface area contributed by atoms with Crippen LogP contribution in [0.25, 0.3) is 28.0 Å². The topological polar surface area (TPSA) is 116 Å². The molecular formula is C25H23ClN6O2. The molecule has 0 atom stereocenters. The monoisotopic (exact) mass is 474 g/mol. The Kier molecular flexibility index (Phi) is 6.33. The van der Waals surface area contributed by atoms with E-state index in [-0.39, 0.29) is 11.6 Å². The Labute approximate surface area is 201 Å². The first-order valence-corrected chi connectivity index (χ1v) is 11.1. The Hall–Kier alpha value is -3.80. The van der Waals surface area contributed by atoms with Gasteiger partial charge in [-0.05, 0) is 63.1 Å². The van der Waals surface area contributed by atoms with Crippen LogP contribution in [0.3, 0.4) is 0 Å². The highest BCUT2D eigenvalue weighted by molar-refractivity contribution is 6.29. The molecule has 0 aliphatic carbocycles. The van der Waals surface area contributed by atoms with E-state index in [1.807, 2.05) is 19.1 Å². The number of aliphatic hydroxyl groups is 1. The Balaban J connectivity index is 1.85. The molecule has 0 saturated carbocycles. The summed E-state index contributed by atoms with van der Waals surface area (Å²) in [6.07, 6.45) is 2.08. The summed E-state index contributed by atoms with van der Waals surface area (Å²) in [5.74, 6) is -0.351. The van der Waals surface area contributed by atoms with Crippen LogP contribution in [0, 0.1) is 18.3 Å². The number of halogens is 1. The van der Waals surface area contributed by atoms with Crippen molar-refractivity contribution in [2.45, 2.75) is 32.8 Å². The summed E-state index contributed by atoms with van der Waals surface area (Å²) >= 11 is 6.25. The first-order chi connectivity index (χ1) is 16.1. The van der Waals surface area contributed by atoms with Gasteiger partial charge in [0.05, 0.1) is 22.8 Å². The van der Waals surface area contributed by atoms with Crippen LogP contribution >= 0.6 is 11.6 Å². The highest BCUT2D eigenvalue weighted by Crippen LogP contribution is 2.36. The molecule has 3 heterocycles. The van der Waals surface area contributed by atoms with E-state index >= 15 is 0 Å². The Morgan fingerprint density at radius 1 is 1.21 bits per heavy atom. The predicted molar refractivity (Wildman–Crippen MR) is 129 cm³/mol. The van der Waals surface area contributed by atoms with E-state index in [0.29, 0.717) is 40.6 Å². The maximum atomic E-state index is 12.7. The number of rotatable bonds is 6. The molecule has 2 N–H and O–H groups in total. The second kappa shape index (κ2) is 9.21. The standard InChI is InChI=1S/C25H23ClN6O2/c1-15-11-18(13-20(26)29-15)21-22(17-6-4-5-16(12-17)14-27)31-32-10-7-19(30-23(21)32)24(33)28-9-8-25(2,3)34/h4-7,10-13,34H,8-9H2,1-3H3,(H,28,33). The van der Waals surface area contributed by atoms with Gasteiger partial charge in [0.1, 0.15) is 16.5 Å². The van der Waals surface area contributed by atoms with Crippen molar-refractivity contribution in [3.63, 3.8) is 0 Å². The van der Waals surface area contributed by atoms with Crippen LogP contribution in [-0.2, 0) is 0 Å². The summed E-state index contributed by atoms with van der Waals surface area (Å²) in [6, 6.07) is 14.5. The molecule has 0 unspecified atom stereocenters. The molecule has 172 valence electrons. The van der Waals surface area contributed by atoms with Gasteiger partial charge >= 0.3 is 0 Å². The second-order valence-electron chi connectivity index (χ2n) is 8.64. The molecule has 9 heteroatoms. The van der Waals surface area contributed by atoms with Gasteiger partial charge in [0.25, 0.3) is 5.91 Å². The third kappa shape index (κ3) is 5.06. The van der Waals surface area contributed by atoms with Crippen LogP contribution in [0.4, 0.5) is 0 Å².